The fourth-order valence-corrected chi connectivity index (χ4v) is 13.6. The van der Waals surface area contributed by atoms with Crippen molar-refractivity contribution in [3.05, 3.63) is 85.5 Å². The zero-order valence-electron chi connectivity index (χ0n) is 50.6. The molecule has 2 aromatic rings. The van der Waals surface area contributed by atoms with Crippen LogP contribution >= 0.6 is 0 Å². The summed E-state index contributed by atoms with van der Waals surface area (Å²) >= 11 is 1.06. The van der Waals surface area contributed by atoms with E-state index in [1.807, 2.05) is 0 Å². The molecule has 0 N–H and O–H groups in total. The van der Waals surface area contributed by atoms with Crippen LogP contribution in [0.25, 0.3) is 16.9 Å². The Morgan fingerprint density at radius 2 is 0.534 bits per heavy atom. The Hall–Kier alpha value is -1.82. The first kappa shape index (κ1) is 67.3. The Balaban J connectivity index is 0.000000503. The van der Waals surface area contributed by atoms with Gasteiger partial charge in [-0.15, -0.1) is 0 Å². The van der Waals surface area contributed by atoms with Crippen molar-refractivity contribution in [2.45, 2.75) is 349 Å². The van der Waals surface area contributed by atoms with Gasteiger partial charge in [-0.05, 0) is 122 Å². The summed E-state index contributed by atoms with van der Waals surface area (Å²) < 4.78 is 1.59. The minimum atomic E-state index is 1.01. The number of benzene rings is 2. The molecular weight excluding hydrogens is 975 g/mol. The molecule has 422 valence electrons. The second kappa shape index (κ2) is 45.2. The van der Waals surface area contributed by atoms with E-state index < -0.39 is 0 Å². The van der Waals surface area contributed by atoms with Gasteiger partial charge in [-0.25, -0.2) is 4.70 Å². The summed E-state index contributed by atoms with van der Waals surface area (Å²) in [5.41, 5.74) is 28.0. The van der Waals surface area contributed by atoms with E-state index in [1.54, 1.807) is 14.5 Å². The smallest absolute Gasteiger partial charge is 0.0654 e. The van der Waals surface area contributed by atoms with E-state index in [0.717, 1.165) is 106 Å². The SMILES string of the molecule is CCCCC1=C(c2cc(CC)c(CC)c(CC)c2)[N+](=[N-])C(c2cc(CC)c(CC)c(CC)c2)=C1CCCC.CCCCCCCCCCCCCCCC[CH2][Pd][CH2]CCCCCCCCCCCCCCCC. The van der Waals surface area contributed by atoms with Crippen LogP contribution in [-0.4, -0.2) is 4.70 Å². The molecule has 1 aliphatic heterocycles. The second-order valence-corrected chi connectivity index (χ2v) is 24.5. The minimum Gasteiger partial charge on any atom is -0.0654 e. The number of rotatable bonds is 46. The zero-order valence-corrected chi connectivity index (χ0v) is 52.2. The van der Waals surface area contributed by atoms with Crippen LogP contribution in [0.3, 0.4) is 0 Å². The Bertz CT molecular complexity index is 1590. The van der Waals surface area contributed by atoms with Gasteiger partial charge in [0.25, 0.3) is 0 Å². The van der Waals surface area contributed by atoms with Gasteiger partial charge >= 0.3 is 169 Å². The molecule has 0 aromatic heterocycles. The first-order chi connectivity index (χ1) is 35.8. The van der Waals surface area contributed by atoms with Crippen LogP contribution in [0.1, 0.15) is 345 Å². The van der Waals surface area contributed by atoms with Gasteiger partial charge < -0.3 is 5.53 Å². The summed E-state index contributed by atoms with van der Waals surface area (Å²) in [5, 5.41) is 0. The van der Waals surface area contributed by atoms with E-state index in [-0.39, 0.29) is 0 Å². The van der Waals surface area contributed by atoms with E-state index in [2.05, 4.69) is 93.5 Å². The van der Waals surface area contributed by atoms with Gasteiger partial charge in [0.1, 0.15) is 0 Å². The van der Waals surface area contributed by atoms with Crippen LogP contribution < -0.4 is 0 Å². The molecule has 0 unspecified atom stereocenters. The predicted molar refractivity (Wildman–Crippen MR) is 325 cm³/mol. The molecule has 1 heterocycles. The maximum atomic E-state index is 12.1. The molecule has 0 bridgehead atoms. The summed E-state index contributed by atoms with van der Waals surface area (Å²) in [6.07, 6.45) is 57.3. The first-order valence-electron chi connectivity index (χ1n) is 32.6. The fraction of sp³-hybridized carbons (Fsp3) is 0.771. The number of aryl methyl sites for hydroxylation is 4. The van der Waals surface area contributed by atoms with Gasteiger partial charge in [0, 0.05) is 22.3 Å². The van der Waals surface area contributed by atoms with Crippen molar-refractivity contribution >= 4 is 11.4 Å². The maximum absolute atomic E-state index is 12.1. The van der Waals surface area contributed by atoms with Crippen LogP contribution in [0.15, 0.2) is 35.4 Å². The standard InChI is InChI=1S/C36H52N2.2C17H35.Pd/c1-9-17-19-33-34(20-18-10-2)36(30-23-27(13-5)32(16-8)28(14-6)24-30)38(37)35(33)29-21-25(11-3)31(15-7)26(12-4)22-29;2*1-3-5-7-9-11-13-15-17-16-14-12-10-8-6-4-2;/h21-24H,9-20H2,1-8H3;2*1,3-17H2,2H3;. The molecule has 0 spiro atoms. The van der Waals surface area contributed by atoms with Gasteiger partial charge in [-0.3, -0.25) is 0 Å². The van der Waals surface area contributed by atoms with Crippen molar-refractivity contribution in [2.24, 2.45) is 0 Å². The van der Waals surface area contributed by atoms with Crippen molar-refractivity contribution in [1.82, 2.24) is 0 Å². The molecule has 0 saturated heterocycles. The molecule has 3 heteroatoms. The third kappa shape index (κ3) is 26.9. The van der Waals surface area contributed by atoms with Crippen LogP contribution in [0, 0.1) is 0 Å². The molecule has 1 aliphatic rings. The summed E-state index contributed by atoms with van der Waals surface area (Å²) in [6.45, 7) is 22.8. The number of unbranched alkanes of at least 4 members (excludes halogenated alkanes) is 30. The number of allylic oxidation sites excluding steroid dienone is 2. The summed E-state index contributed by atoms with van der Waals surface area (Å²) in [5.74, 6) is 0. The molecule has 3 rings (SSSR count). The molecule has 0 fully saturated rings. The van der Waals surface area contributed by atoms with E-state index in [1.165, 1.54) is 248 Å². The Labute approximate surface area is 465 Å². The van der Waals surface area contributed by atoms with Gasteiger partial charge in [-0.2, -0.15) is 0 Å². The van der Waals surface area contributed by atoms with Crippen LogP contribution in [0.2, 0.25) is 9.79 Å². The molecule has 0 amide bonds. The van der Waals surface area contributed by atoms with E-state index >= 15 is 0 Å². The third-order valence-electron chi connectivity index (χ3n) is 16.2. The average Bonchev–Trinajstić information content (AvgIpc) is 3.69. The van der Waals surface area contributed by atoms with Crippen LogP contribution in [0.4, 0.5) is 0 Å². The van der Waals surface area contributed by atoms with Gasteiger partial charge in [-0.1, -0.05) is 133 Å². The van der Waals surface area contributed by atoms with E-state index in [0.29, 0.717) is 0 Å². The van der Waals surface area contributed by atoms with Crippen molar-refractivity contribution < 1.29 is 22.7 Å². The zero-order chi connectivity index (χ0) is 53.2. The molecule has 2 nitrogen and oxygen atoms in total. The normalized spacial score (nSPS) is 12.8. The molecule has 0 atom stereocenters. The van der Waals surface area contributed by atoms with E-state index in [4.69, 9.17) is 0 Å². The van der Waals surface area contributed by atoms with Gasteiger partial charge in [0.2, 0.25) is 11.4 Å². The quantitative estimate of drug-likeness (QED) is 0.0359. The summed E-state index contributed by atoms with van der Waals surface area (Å²) in [7, 11) is 0. The average molecular weight is 1100 g/mol. The second-order valence-electron chi connectivity index (χ2n) is 22.2. The Morgan fingerprint density at radius 1 is 0.301 bits per heavy atom. The van der Waals surface area contributed by atoms with Crippen molar-refractivity contribution in [2.75, 3.05) is 0 Å². The Morgan fingerprint density at radius 3 is 0.753 bits per heavy atom. The van der Waals surface area contributed by atoms with E-state index in [9.17, 15) is 5.53 Å². The van der Waals surface area contributed by atoms with Crippen molar-refractivity contribution in [1.29, 1.82) is 0 Å². The third-order valence-corrected chi connectivity index (χ3v) is 18.4. The fourth-order valence-electron chi connectivity index (χ4n) is 11.7. The van der Waals surface area contributed by atoms with Crippen LogP contribution in [-0.2, 0) is 56.5 Å². The number of hydrogen-bond donors (Lipinski definition) is 0. The Kier molecular flexibility index (Phi) is 41.7. The molecule has 73 heavy (non-hydrogen) atoms. The predicted octanol–water partition coefficient (Wildman–Crippen LogP) is 24.3. The van der Waals surface area contributed by atoms with Gasteiger partial charge in [0.05, 0.1) is 0 Å². The molecule has 0 radical (unpaired) electrons. The molecule has 2 aromatic carbocycles. The van der Waals surface area contributed by atoms with Crippen molar-refractivity contribution in [3.8, 4) is 0 Å². The van der Waals surface area contributed by atoms with Gasteiger partial charge in [0.15, 0.2) is 0 Å². The topological polar surface area (TPSA) is 25.3 Å². The summed E-state index contributed by atoms with van der Waals surface area (Å²) in [4.78, 5) is 3.09. The van der Waals surface area contributed by atoms with Crippen molar-refractivity contribution in [3.63, 3.8) is 0 Å². The monoisotopic (exact) mass is 1100 g/mol. The molecule has 0 aliphatic carbocycles. The number of hydrogen-bond acceptors (Lipinski definition) is 0. The molecular formula is C70H122N2Pd. The minimum absolute atomic E-state index is 1.01. The summed E-state index contributed by atoms with van der Waals surface area (Å²) in [6, 6.07) is 9.49. The first-order valence-corrected chi connectivity index (χ1v) is 34.8. The van der Waals surface area contributed by atoms with Crippen LogP contribution in [0.5, 0.6) is 0 Å². The molecule has 0 saturated carbocycles. The number of nitrogens with zero attached hydrogens (tertiary/aromatic N) is 2.